The second-order valence-corrected chi connectivity index (χ2v) is 13.3. The van der Waals surface area contributed by atoms with Crippen molar-refractivity contribution >= 4 is 29.2 Å². The Morgan fingerprint density at radius 2 is 1.36 bits per heavy atom. The average molecular weight is 687 g/mol. The van der Waals surface area contributed by atoms with Gasteiger partial charge < -0.3 is 20.3 Å². The number of carbonyl (C=O) groups excluding carboxylic acids is 3. The molecule has 0 bridgehead atoms. The largest absolute Gasteiger partial charge is 0.467 e. The molecule has 4 aromatic carbocycles. The van der Waals surface area contributed by atoms with Crippen LogP contribution in [0.15, 0.2) is 103 Å². The van der Waals surface area contributed by atoms with Gasteiger partial charge in [0.25, 0.3) is 5.91 Å². The standard InChI is InChI=1S/C39H41F3N4O4/c1-38(2,3)34(37(49)50-4)44-36(48)33(27-10-6-5-7-11-27)46-24-22-45(23-25-46)30-20-18-29(19-21-30)43-35(47)32-13-9-8-12-31(32)26-14-16-28(17-15-26)39(40,41)42/h5-21,33-34H,22-25H2,1-4H3,(H,43,47)(H,44,48). The van der Waals surface area contributed by atoms with E-state index in [1.165, 1.54) is 19.2 Å². The maximum absolute atomic E-state index is 13.8. The van der Waals surface area contributed by atoms with Gasteiger partial charge in [-0.3, -0.25) is 14.5 Å². The maximum atomic E-state index is 13.8. The van der Waals surface area contributed by atoms with Crippen LogP contribution >= 0.6 is 0 Å². The van der Waals surface area contributed by atoms with Gasteiger partial charge in [-0.15, -0.1) is 0 Å². The highest BCUT2D eigenvalue weighted by Gasteiger charge is 2.38. The van der Waals surface area contributed by atoms with Gasteiger partial charge in [-0.05, 0) is 64.6 Å². The third kappa shape index (κ3) is 8.52. The van der Waals surface area contributed by atoms with Gasteiger partial charge in [-0.25, -0.2) is 4.79 Å². The van der Waals surface area contributed by atoms with E-state index in [-0.39, 0.29) is 11.8 Å². The Hall–Kier alpha value is -5.16. The number of hydrogen-bond donors (Lipinski definition) is 2. The molecule has 1 saturated heterocycles. The van der Waals surface area contributed by atoms with E-state index >= 15 is 0 Å². The lowest BCUT2D eigenvalue weighted by atomic mass is 9.86. The number of nitrogens with zero attached hydrogens (tertiary/aromatic N) is 2. The van der Waals surface area contributed by atoms with Crippen LogP contribution in [0, 0.1) is 5.41 Å². The molecule has 2 amide bonds. The molecule has 1 aliphatic rings. The van der Waals surface area contributed by atoms with Crippen LogP contribution < -0.4 is 15.5 Å². The Morgan fingerprint density at radius 3 is 1.94 bits per heavy atom. The van der Waals surface area contributed by atoms with Crippen LogP contribution in [0.3, 0.4) is 0 Å². The van der Waals surface area contributed by atoms with Crippen LogP contribution in [-0.4, -0.2) is 62.0 Å². The van der Waals surface area contributed by atoms with Gasteiger partial charge in [0.05, 0.1) is 12.7 Å². The molecule has 0 saturated carbocycles. The number of esters is 1. The molecule has 4 aromatic rings. The third-order valence-corrected chi connectivity index (χ3v) is 8.82. The molecule has 0 aromatic heterocycles. The van der Waals surface area contributed by atoms with E-state index in [1.54, 1.807) is 36.4 Å². The van der Waals surface area contributed by atoms with E-state index in [0.29, 0.717) is 48.6 Å². The van der Waals surface area contributed by atoms with Crippen molar-refractivity contribution in [3.63, 3.8) is 0 Å². The number of amides is 2. The minimum atomic E-state index is -4.45. The first-order valence-electron chi connectivity index (χ1n) is 16.4. The fraction of sp³-hybridized carbons (Fsp3) is 0.308. The van der Waals surface area contributed by atoms with Gasteiger partial charge in [0, 0.05) is 43.1 Å². The van der Waals surface area contributed by atoms with Gasteiger partial charge >= 0.3 is 12.1 Å². The first-order valence-corrected chi connectivity index (χ1v) is 16.4. The van der Waals surface area contributed by atoms with Gasteiger partial charge in [0.2, 0.25) is 5.91 Å². The number of hydrogen-bond acceptors (Lipinski definition) is 6. The van der Waals surface area contributed by atoms with E-state index in [4.69, 9.17) is 4.74 Å². The van der Waals surface area contributed by atoms with Crippen molar-refractivity contribution in [2.75, 3.05) is 43.5 Å². The van der Waals surface area contributed by atoms with Crippen molar-refractivity contribution in [3.8, 4) is 11.1 Å². The summed E-state index contributed by atoms with van der Waals surface area (Å²) in [5.74, 6) is -1.14. The van der Waals surface area contributed by atoms with Crippen LogP contribution in [0.4, 0.5) is 24.5 Å². The number of alkyl halides is 3. The normalized spacial score (nSPS) is 15.1. The quantitative estimate of drug-likeness (QED) is 0.181. The predicted molar refractivity (Wildman–Crippen MR) is 188 cm³/mol. The number of carbonyl (C=O) groups is 3. The van der Waals surface area contributed by atoms with E-state index in [2.05, 4.69) is 20.4 Å². The van der Waals surface area contributed by atoms with Crippen LogP contribution in [0.1, 0.15) is 48.3 Å². The smallest absolute Gasteiger partial charge is 0.416 e. The molecule has 11 heteroatoms. The average Bonchev–Trinajstić information content (AvgIpc) is 3.11. The molecule has 1 aliphatic heterocycles. The molecule has 1 heterocycles. The highest BCUT2D eigenvalue weighted by atomic mass is 19.4. The molecule has 8 nitrogen and oxygen atoms in total. The van der Waals surface area contributed by atoms with Crippen molar-refractivity contribution in [2.45, 2.75) is 39.0 Å². The summed E-state index contributed by atoms with van der Waals surface area (Å²) in [6.45, 7) is 8.10. The number of piperazine rings is 1. The van der Waals surface area contributed by atoms with Gasteiger partial charge in [-0.1, -0.05) is 81.4 Å². The summed E-state index contributed by atoms with van der Waals surface area (Å²) in [7, 11) is 1.31. The number of methoxy groups -OCH3 is 1. The van der Waals surface area contributed by atoms with E-state index in [9.17, 15) is 27.6 Å². The number of anilines is 2. The molecule has 2 atom stereocenters. The molecular weight excluding hydrogens is 645 g/mol. The Bertz CT molecular complexity index is 1780. The molecule has 0 spiro atoms. The van der Waals surface area contributed by atoms with Gasteiger partial charge in [0.15, 0.2) is 0 Å². The summed E-state index contributed by atoms with van der Waals surface area (Å²) in [4.78, 5) is 44.0. The Balaban J connectivity index is 1.24. The fourth-order valence-corrected chi connectivity index (χ4v) is 6.10. The monoisotopic (exact) mass is 686 g/mol. The summed E-state index contributed by atoms with van der Waals surface area (Å²) < 4.78 is 44.2. The van der Waals surface area contributed by atoms with Crippen LogP contribution in [0.25, 0.3) is 11.1 Å². The van der Waals surface area contributed by atoms with E-state index < -0.39 is 35.2 Å². The zero-order valence-corrected chi connectivity index (χ0v) is 28.5. The van der Waals surface area contributed by atoms with Gasteiger partial charge in [0.1, 0.15) is 12.1 Å². The molecule has 0 aliphatic carbocycles. The van der Waals surface area contributed by atoms with Crippen molar-refractivity contribution < 1.29 is 32.3 Å². The minimum absolute atomic E-state index is 0.269. The van der Waals surface area contributed by atoms with Crippen molar-refractivity contribution in [1.82, 2.24) is 10.2 Å². The fourth-order valence-electron chi connectivity index (χ4n) is 6.10. The highest BCUT2D eigenvalue weighted by molar-refractivity contribution is 6.08. The summed E-state index contributed by atoms with van der Waals surface area (Å²) in [5, 5.41) is 5.86. The van der Waals surface area contributed by atoms with Crippen molar-refractivity contribution in [1.29, 1.82) is 0 Å². The molecule has 2 unspecified atom stereocenters. The maximum Gasteiger partial charge on any atom is 0.416 e. The topological polar surface area (TPSA) is 91.0 Å². The first-order chi connectivity index (χ1) is 23.8. The van der Waals surface area contributed by atoms with Crippen molar-refractivity contribution in [2.24, 2.45) is 5.41 Å². The predicted octanol–water partition coefficient (Wildman–Crippen LogP) is 7.19. The molecule has 50 heavy (non-hydrogen) atoms. The lowest BCUT2D eigenvalue weighted by molar-refractivity contribution is -0.149. The number of rotatable bonds is 9. The first kappa shape index (κ1) is 36.1. The second-order valence-electron chi connectivity index (χ2n) is 13.3. The molecule has 0 radical (unpaired) electrons. The number of benzene rings is 4. The summed E-state index contributed by atoms with van der Waals surface area (Å²) in [5.41, 5.74) is 2.41. The molecule has 5 rings (SSSR count). The second kappa shape index (κ2) is 15.2. The van der Waals surface area contributed by atoms with Crippen LogP contribution in [0.5, 0.6) is 0 Å². The van der Waals surface area contributed by atoms with Crippen LogP contribution in [0.2, 0.25) is 0 Å². The summed E-state index contributed by atoms with van der Waals surface area (Å²) in [6, 6.07) is 27.0. The van der Waals surface area contributed by atoms with Gasteiger partial charge in [-0.2, -0.15) is 13.2 Å². The number of halogens is 3. The Labute approximate surface area is 290 Å². The molecular formula is C39H41F3N4O4. The minimum Gasteiger partial charge on any atom is -0.467 e. The zero-order valence-electron chi connectivity index (χ0n) is 28.5. The molecule has 262 valence electrons. The van der Waals surface area contributed by atoms with Crippen molar-refractivity contribution in [3.05, 3.63) is 120 Å². The summed E-state index contributed by atoms with van der Waals surface area (Å²) in [6.07, 6.45) is -4.45. The highest BCUT2D eigenvalue weighted by Crippen LogP contribution is 2.33. The van der Waals surface area contributed by atoms with Crippen LogP contribution in [-0.2, 0) is 20.5 Å². The number of nitrogens with one attached hydrogen (secondary N) is 2. The summed E-state index contributed by atoms with van der Waals surface area (Å²) >= 11 is 0. The Morgan fingerprint density at radius 1 is 0.760 bits per heavy atom. The third-order valence-electron chi connectivity index (χ3n) is 8.82. The van der Waals surface area contributed by atoms with E-state index in [1.807, 2.05) is 63.2 Å². The Kier molecular flexibility index (Phi) is 11.0. The molecule has 1 fully saturated rings. The number of ether oxygens (including phenoxy) is 1. The zero-order chi connectivity index (χ0) is 36.1. The lowest BCUT2D eigenvalue weighted by Gasteiger charge is -2.40. The SMILES string of the molecule is COC(=O)C(NC(=O)C(c1ccccc1)N1CCN(c2ccc(NC(=O)c3ccccc3-c3ccc(C(F)(F)F)cc3)cc2)CC1)C(C)(C)C. The van der Waals surface area contributed by atoms with E-state index in [0.717, 1.165) is 23.4 Å². The molecule has 2 N–H and O–H groups in total. The lowest BCUT2D eigenvalue weighted by Crippen LogP contribution is -2.55.